The Morgan fingerprint density at radius 1 is 1.32 bits per heavy atom. The highest BCUT2D eigenvalue weighted by molar-refractivity contribution is 7.07. The van der Waals surface area contributed by atoms with Gasteiger partial charge in [-0.25, -0.2) is 9.97 Å². The molecule has 3 aromatic heterocycles. The second-order valence-corrected chi connectivity index (χ2v) is 5.55. The van der Waals surface area contributed by atoms with Crippen molar-refractivity contribution in [3.63, 3.8) is 0 Å². The molecule has 0 spiro atoms. The first kappa shape index (κ1) is 12.2. The minimum atomic E-state index is 0.247. The zero-order valence-electron chi connectivity index (χ0n) is 11.2. The van der Waals surface area contributed by atoms with E-state index in [4.69, 9.17) is 5.73 Å². The molecular formula is C14H16N4S. The first-order valence-corrected chi connectivity index (χ1v) is 7.15. The average molecular weight is 272 g/mol. The number of hydrogen-bond acceptors (Lipinski definition) is 4. The fraction of sp³-hybridized carbons (Fsp3) is 0.286. The fourth-order valence-corrected chi connectivity index (χ4v) is 3.33. The lowest BCUT2D eigenvalue weighted by Gasteiger charge is -2.16. The van der Waals surface area contributed by atoms with Crippen LogP contribution >= 0.6 is 11.3 Å². The molecule has 3 rings (SSSR count). The monoisotopic (exact) mass is 272 g/mol. The number of nitrogens with two attached hydrogens (primary N) is 1. The summed E-state index contributed by atoms with van der Waals surface area (Å²) in [5, 5.41) is 5.25. The first-order chi connectivity index (χ1) is 9.11. The highest BCUT2D eigenvalue weighted by Gasteiger charge is 2.19. The van der Waals surface area contributed by atoms with E-state index in [1.807, 2.05) is 0 Å². The zero-order valence-corrected chi connectivity index (χ0v) is 12.0. The largest absolute Gasteiger partial charge is 0.383 e. The average Bonchev–Trinajstić information content (AvgIpc) is 2.99. The van der Waals surface area contributed by atoms with E-state index >= 15 is 0 Å². The maximum Gasteiger partial charge on any atom is 0.146 e. The number of aryl methyl sites for hydroxylation is 1. The lowest BCUT2D eigenvalue weighted by atomic mass is 10.1. The molecule has 0 fully saturated rings. The SMILES string of the molecule is Cc1c(C)n(C(C)c2ccsc2)c2ncnc(N)c12. The van der Waals surface area contributed by atoms with E-state index in [0.717, 1.165) is 16.6 Å². The summed E-state index contributed by atoms with van der Waals surface area (Å²) >= 11 is 1.71. The Labute approximate surface area is 115 Å². The third-order valence-electron chi connectivity index (χ3n) is 3.78. The van der Waals surface area contributed by atoms with Gasteiger partial charge in [0.15, 0.2) is 0 Å². The van der Waals surface area contributed by atoms with E-state index in [0.29, 0.717) is 5.82 Å². The normalized spacial score (nSPS) is 13.0. The standard InChI is InChI=1S/C14H16N4S/c1-8-9(2)18(10(3)11-4-5-19-6-11)14-12(8)13(15)16-7-17-14/h4-7,10H,1-3H3,(H2,15,16,17). The third kappa shape index (κ3) is 1.73. The maximum atomic E-state index is 6.00. The van der Waals surface area contributed by atoms with Gasteiger partial charge >= 0.3 is 0 Å². The van der Waals surface area contributed by atoms with Crippen molar-refractivity contribution < 1.29 is 0 Å². The molecule has 0 aliphatic rings. The van der Waals surface area contributed by atoms with Gasteiger partial charge in [-0.1, -0.05) is 0 Å². The molecule has 0 amide bonds. The van der Waals surface area contributed by atoms with E-state index in [-0.39, 0.29) is 6.04 Å². The number of thiophene rings is 1. The predicted octanol–water partition coefficient (Wildman–Crippen LogP) is 3.30. The minimum Gasteiger partial charge on any atom is -0.383 e. The summed E-state index contributed by atoms with van der Waals surface area (Å²) in [4.78, 5) is 8.53. The van der Waals surface area contributed by atoms with Gasteiger partial charge in [0, 0.05) is 5.69 Å². The minimum absolute atomic E-state index is 0.247. The Kier molecular flexibility index (Phi) is 2.78. The first-order valence-electron chi connectivity index (χ1n) is 6.21. The molecule has 5 heteroatoms. The molecule has 0 saturated carbocycles. The van der Waals surface area contributed by atoms with Gasteiger partial charge in [0.25, 0.3) is 0 Å². The number of aromatic nitrogens is 3. The summed E-state index contributed by atoms with van der Waals surface area (Å²) in [6.07, 6.45) is 1.54. The van der Waals surface area contributed by atoms with Crippen LogP contribution in [0.5, 0.6) is 0 Å². The van der Waals surface area contributed by atoms with Crippen LogP contribution in [0.15, 0.2) is 23.2 Å². The lowest BCUT2D eigenvalue weighted by molar-refractivity contribution is 0.641. The van der Waals surface area contributed by atoms with E-state index in [2.05, 4.69) is 52.1 Å². The van der Waals surface area contributed by atoms with Crippen molar-refractivity contribution >= 4 is 28.2 Å². The molecule has 0 aliphatic heterocycles. The summed E-state index contributed by atoms with van der Waals surface area (Å²) in [6.45, 7) is 6.37. The van der Waals surface area contributed by atoms with Crippen LogP contribution < -0.4 is 5.73 Å². The van der Waals surface area contributed by atoms with Gasteiger partial charge in [-0.2, -0.15) is 11.3 Å². The van der Waals surface area contributed by atoms with Gasteiger partial charge in [0.1, 0.15) is 17.8 Å². The molecule has 98 valence electrons. The van der Waals surface area contributed by atoms with Gasteiger partial charge in [0.05, 0.1) is 11.4 Å². The summed E-state index contributed by atoms with van der Waals surface area (Å²) in [7, 11) is 0. The summed E-state index contributed by atoms with van der Waals surface area (Å²) in [6, 6.07) is 2.40. The van der Waals surface area contributed by atoms with Crippen molar-refractivity contribution in [1.29, 1.82) is 0 Å². The van der Waals surface area contributed by atoms with Gasteiger partial charge < -0.3 is 10.3 Å². The summed E-state index contributed by atoms with van der Waals surface area (Å²) in [5.41, 5.74) is 10.6. The summed E-state index contributed by atoms with van der Waals surface area (Å²) in [5.74, 6) is 0.557. The molecule has 3 aromatic rings. The number of rotatable bonds is 2. The van der Waals surface area contributed by atoms with Crippen LogP contribution in [0.3, 0.4) is 0 Å². The van der Waals surface area contributed by atoms with Crippen molar-refractivity contribution in [3.05, 3.63) is 40.0 Å². The van der Waals surface area contributed by atoms with Crippen LogP contribution in [-0.2, 0) is 0 Å². The van der Waals surface area contributed by atoms with Crippen LogP contribution in [0.1, 0.15) is 29.8 Å². The molecule has 0 radical (unpaired) electrons. The highest BCUT2D eigenvalue weighted by atomic mass is 32.1. The predicted molar refractivity (Wildman–Crippen MR) is 79.5 cm³/mol. The molecule has 19 heavy (non-hydrogen) atoms. The Hall–Kier alpha value is -1.88. The second-order valence-electron chi connectivity index (χ2n) is 4.77. The molecule has 0 aliphatic carbocycles. The molecular weight excluding hydrogens is 256 g/mol. The Morgan fingerprint density at radius 3 is 2.79 bits per heavy atom. The Morgan fingerprint density at radius 2 is 2.11 bits per heavy atom. The van der Waals surface area contributed by atoms with Crippen LogP contribution in [0.4, 0.5) is 5.82 Å². The third-order valence-corrected chi connectivity index (χ3v) is 4.48. The van der Waals surface area contributed by atoms with Crippen LogP contribution in [0, 0.1) is 13.8 Å². The molecule has 1 unspecified atom stereocenters. The Bertz CT molecular complexity index is 728. The molecule has 3 heterocycles. The van der Waals surface area contributed by atoms with E-state index in [1.54, 1.807) is 11.3 Å². The zero-order chi connectivity index (χ0) is 13.6. The quantitative estimate of drug-likeness (QED) is 0.778. The smallest absolute Gasteiger partial charge is 0.146 e. The second kappa shape index (κ2) is 4.35. The van der Waals surface area contributed by atoms with Crippen molar-refractivity contribution in [3.8, 4) is 0 Å². The van der Waals surface area contributed by atoms with Crippen LogP contribution in [-0.4, -0.2) is 14.5 Å². The van der Waals surface area contributed by atoms with Gasteiger partial charge in [-0.05, 0) is 48.7 Å². The highest BCUT2D eigenvalue weighted by Crippen LogP contribution is 2.32. The molecule has 0 aromatic carbocycles. The van der Waals surface area contributed by atoms with Crippen LogP contribution in [0.2, 0.25) is 0 Å². The fourth-order valence-electron chi connectivity index (χ4n) is 2.59. The number of nitrogen functional groups attached to an aromatic ring is 1. The Balaban J connectivity index is 2.30. The number of fused-ring (bicyclic) bond motifs is 1. The van der Waals surface area contributed by atoms with Crippen molar-refractivity contribution in [2.75, 3.05) is 5.73 Å². The molecule has 2 N–H and O–H groups in total. The molecule has 1 atom stereocenters. The van der Waals surface area contributed by atoms with Gasteiger partial charge in [-0.15, -0.1) is 0 Å². The van der Waals surface area contributed by atoms with Gasteiger partial charge in [0.2, 0.25) is 0 Å². The molecule has 0 bridgehead atoms. The van der Waals surface area contributed by atoms with Crippen molar-refractivity contribution in [1.82, 2.24) is 14.5 Å². The molecule has 4 nitrogen and oxygen atoms in total. The van der Waals surface area contributed by atoms with Crippen LogP contribution in [0.25, 0.3) is 11.0 Å². The van der Waals surface area contributed by atoms with Gasteiger partial charge in [-0.3, -0.25) is 0 Å². The lowest BCUT2D eigenvalue weighted by Crippen LogP contribution is -2.08. The number of nitrogens with zero attached hydrogens (tertiary/aromatic N) is 3. The van der Waals surface area contributed by atoms with E-state index in [9.17, 15) is 0 Å². The number of hydrogen-bond donors (Lipinski definition) is 1. The van der Waals surface area contributed by atoms with E-state index < -0.39 is 0 Å². The van der Waals surface area contributed by atoms with Crippen molar-refractivity contribution in [2.45, 2.75) is 26.8 Å². The van der Waals surface area contributed by atoms with E-state index in [1.165, 1.54) is 17.6 Å². The molecule has 0 saturated heterocycles. The topological polar surface area (TPSA) is 56.7 Å². The maximum absolute atomic E-state index is 6.00. The summed E-state index contributed by atoms with van der Waals surface area (Å²) < 4.78 is 2.24. The van der Waals surface area contributed by atoms with Crippen molar-refractivity contribution in [2.24, 2.45) is 0 Å². The number of anilines is 1.